The summed E-state index contributed by atoms with van der Waals surface area (Å²) < 4.78 is 0. The Morgan fingerprint density at radius 1 is 1.07 bits per heavy atom. The van der Waals surface area contributed by atoms with Crippen LogP contribution >= 0.6 is 0 Å². The molecule has 1 heterocycles. The van der Waals surface area contributed by atoms with Crippen molar-refractivity contribution in [2.24, 2.45) is 5.92 Å². The fourth-order valence-corrected chi connectivity index (χ4v) is 4.86. The number of piperidine rings is 1. The van der Waals surface area contributed by atoms with Crippen LogP contribution in [0.25, 0.3) is 0 Å². The largest absolute Gasteiger partial charge is 0.349 e. The van der Waals surface area contributed by atoms with Crippen LogP contribution in [0.5, 0.6) is 0 Å². The summed E-state index contributed by atoms with van der Waals surface area (Å²) in [5.74, 6) is 0.370. The minimum atomic E-state index is 0.0834. The van der Waals surface area contributed by atoms with Crippen LogP contribution in [0.3, 0.4) is 0 Å². The highest BCUT2D eigenvalue weighted by Crippen LogP contribution is 2.26. The van der Waals surface area contributed by atoms with Gasteiger partial charge in [-0.2, -0.15) is 0 Å². The number of carbonyl (C=O) groups is 1. The van der Waals surface area contributed by atoms with Gasteiger partial charge in [-0.05, 0) is 87.7 Å². The standard InChI is InChI=1S/C26H34N2O/c1-19-6-5-7-21(16-19)18-28-14-12-23(13-15-28)26(29)27-20(2)24-11-10-22-8-3-4-9-25(22)17-24/h5-7,10-11,16-17,20,23H,3-4,8-9,12-15,18H2,1-2H3,(H,27,29)/t20-/m1/s1. The number of amides is 1. The minimum Gasteiger partial charge on any atom is -0.349 e. The summed E-state index contributed by atoms with van der Waals surface area (Å²) in [6.45, 7) is 7.25. The second-order valence-corrected chi connectivity index (χ2v) is 9.01. The lowest BCUT2D eigenvalue weighted by Crippen LogP contribution is -2.40. The van der Waals surface area contributed by atoms with E-state index in [1.54, 1.807) is 0 Å². The van der Waals surface area contributed by atoms with Crippen LogP contribution in [0.4, 0.5) is 0 Å². The molecule has 0 aromatic heterocycles. The third-order valence-electron chi connectivity index (χ3n) is 6.68. The van der Waals surface area contributed by atoms with Crippen LogP contribution in [0.2, 0.25) is 0 Å². The molecule has 0 spiro atoms. The molecule has 154 valence electrons. The summed E-state index contributed by atoms with van der Waals surface area (Å²) in [4.78, 5) is 15.3. The van der Waals surface area contributed by atoms with Crippen molar-refractivity contribution in [2.75, 3.05) is 13.1 Å². The molecule has 1 aliphatic carbocycles. The van der Waals surface area contributed by atoms with Gasteiger partial charge in [-0.15, -0.1) is 0 Å². The molecule has 29 heavy (non-hydrogen) atoms. The van der Waals surface area contributed by atoms with Gasteiger partial charge < -0.3 is 5.32 Å². The number of rotatable bonds is 5. The van der Waals surface area contributed by atoms with Crippen molar-refractivity contribution in [1.29, 1.82) is 0 Å². The predicted octanol–water partition coefficient (Wildman–Crippen LogP) is 4.96. The number of carbonyl (C=O) groups excluding carboxylic acids is 1. The molecular weight excluding hydrogens is 356 g/mol. The van der Waals surface area contributed by atoms with E-state index in [1.807, 2.05) is 0 Å². The Morgan fingerprint density at radius 2 is 1.83 bits per heavy atom. The number of nitrogens with zero attached hydrogens (tertiary/aromatic N) is 1. The van der Waals surface area contributed by atoms with Crippen LogP contribution in [0.15, 0.2) is 42.5 Å². The van der Waals surface area contributed by atoms with E-state index in [0.717, 1.165) is 32.5 Å². The van der Waals surface area contributed by atoms with E-state index in [4.69, 9.17) is 0 Å². The zero-order valence-electron chi connectivity index (χ0n) is 17.9. The molecule has 1 aliphatic heterocycles. The molecular formula is C26H34N2O. The van der Waals surface area contributed by atoms with Crippen molar-refractivity contribution in [3.63, 3.8) is 0 Å². The van der Waals surface area contributed by atoms with Crippen molar-refractivity contribution in [3.05, 3.63) is 70.3 Å². The van der Waals surface area contributed by atoms with E-state index in [2.05, 4.69) is 66.5 Å². The molecule has 4 rings (SSSR count). The van der Waals surface area contributed by atoms with Gasteiger partial charge in [0.25, 0.3) is 0 Å². The number of hydrogen-bond acceptors (Lipinski definition) is 2. The Labute approximate surface area is 175 Å². The SMILES string of the molecule is Cc1cccc(CN2CCC(C(=O)N[C@H](C)c3ccc4c(c3)CCCC4)CC2)c1. The van der Waals surface area contributed by atoms with E-state index < -0.39 is 0 Å². The van der Waals surface area contributed by atoms with Crippen molar-refractivity contribution < 1.29 is 4.79 Å². The molecule has 0 radical (unpaired) electrons. The molecule has 1 saturated heterocycles. The molecule has 2 aromatic rings. The smallest absolute Gasteiger partial charge is 0.223 e. The van der Waals surface area contributed by atoms with Gasteiger partial charge in [0.05, 0.1) is 6.04 Å². The van der Waals surface area contributed by atoms with Crippen LogP contribution in [0, 0.1) is 12.8 Å². The van der Waals surface area contributed by atoms with Crippen LogP contribution in [-0.4, -0.2) is 23.9 Å². The third-order valence-corrected chi connectivity index (χ3v) is 6.68. The maximum atomic E-state index is 12.9. The van der Waals surface area contributed by atoms with E-state index in [0.29, 0.717) is 0 Å². The molecule has 0 unspecified atom stereocenters. The Kier molecular flexibility index (Phi) is 6.34. The molecule has 1 amide bonds. The van der Waals surface area contributed by atoms with Crippen LogP contribution in [-0.2, 0) is 24.2 Å². The summed E-state index contributed by atoms with van der Waals surface area (Å²) in [7, 11) is 0. The summed E-state index contributed by atoms with van der Waals surface area (Å²) in [5.41, 5.74) is 6.91. The lowest BCUT2D eigenvalue weighted by Gasteiger charge is -2.32. The molecule has 0 saturated carbocycles. The fourth-order valence-electron chi connectivity index (χ4n) is 4.86. The van der Waals surface area contributed by atoms with Crippen molar-refractivity contribution in [2.45, 2.75) is 65.0 Å². The summed E-state index contributed by atoms with van der Waals surface area (Å²) in [5, 5.41) is 3.29. The number of aryl methyl sites for hydroxylation is 3. The lowest BCUT2D eigenvalue weighted by atomic mass is 9.89. The number of fused-ring (bicyclic) bond motifs is 1. The topological polar surface area (TPSA) is 32.3 Å². The molecule has 2 aromatic carbocycles. The molecule has 2 aliphatic rings. The molecule has 1 N–H and O–H groups in total. The van der Waals surface area contributed by atoms with E-state index >= 15 is 0 Å². The number of benzene rings is 2. The zero-order valence-corrected chi connectivity index (χ0v) is 17.9. The normalized spacial score (nSPS) is 18.8. The van der Waals surface area contributed by atoms with E-state index in [1.165, 1.54) is 53.5 Å². The van der Waals surface area contributed by atoms with Gasteiger partial charge in [-0.1, -0.05) is 48.0 Å². The first-order valence-electron chi connectivity index (χ1n) is 11.3. The Morgan fingerprint density at radius 3 is 2.59 bits per heavy atom. The second-order valence-electron chi connectivity index (χ2n) is 9.01. The maximum Gasteiger partial charge on any atom is 0.223 e. The minimum absolute atomic E-state index is 0.0834. The molecule has 1 fully saturated rings. The second kappa shape index (κ2) is 9.13. The molecule has 3 nitrogen and oxygen atoms in total. The third kappa shape index (κ3) is 5.08. The van der Waals surface area contributed by atoms with Crippen molar-refractivity contribution >= 4 is 5.91 Å². The van der Waals surface area contributed by atoms with Crippen LogP contribution < -0.4 is 5.32 Å². The van der Waals surface area contributed by atoms with Gasteiger partial charge in [-0.25, -0.2) is 0 Å². The summed E-state index contributed by atoms with van der Waals surface area (Å²) >= 11 is 0. The van der Waals surface area contributed by atoms with Gasteiger partial charge in [0, 0.05) is 12.5 Å². The fraction of sp³-hybridized carbons (Fsp3) is 0.500. The molecule has 0 bridgehead atoms. The van der Waals surface area contributed by atoms with Gasteiger partial charge in [-0.3, -0.25) is 9.69 Å². The van der Waals surface area contributed by atoms with Gasteiger partial charge in [0.15, 0.2) is 0 Å². The van der Waals surface area contributed by atoms with Gasteiger partial charge >= 0.3 is 0 Å². The monoisotopic (exact) mass is 390 g/mol. The van der Waals surface area contributed by atoms with E-state index in [-0.39, 0.29) is 17.9 Å². The Hall–Kier alpha value is -2.13. The molecule has 1 atom stereocenters. The lowest BCUT2D eigenvalue weighted by molar-refractivity contribution is -0.127. The van der Waals surface area contributed by atoms with Crippen LogP contribution in [0.1, 0.15) is 66.5 Å². The summed E-state index contributed by atoms with van der Waals surface area (Å²) in [6.07, 6.45) is 6.89. The maximum absolute atomic E-state index is 12.9. The van der Waals surface area contributed by atoms with Gasteiger partial charge in [0.1, 0.15) is 0 Å². The average Bonchev–Trinajstić information content (AvgIpc) is 2.74. The highest BCUT2D eigenvalue weighted by molar-refractivity contribution is 5.79. The van der Waals surface area contributed by atoms with Crippen molar-refractivity contribution in [1.82, 2.24) is 10.2 Å². The Balaban J connectivity index is 1.28. The highest BCUT2D eigenvalue weighted by Gasteiger charge is 2.26. The average molecular weight is 391 g/mol. The highest BCUT2D eigenvalue weighted by atomic mass is 16.1. The first kappa shape index (κ1) is 20.2. The first-order valence-corrected chi connectivity index (χ1v) is 11.3. The Bertz CT molecular complexity index is 852. The van der Waals surface area contributed by atoms with Gasteiger partial charge in [0.2, 0.25) is 5.91 Å². The first-order chi connectivity index (χ1) is 14.1. The predicted molar refractivity (Wildman–Crippen MR) is 119 cm³/mol. The number of hydrogen-bond donors (Lipinski definition) is 1. The zero-order chi connectivity index (χ0) is 20.2. The molecule has 3 heteroatoms. The number of nitrogens with one attached hydrogen (secondary N) is 1. The van der Waals surface area contributed by atoms with E-state index in [9.17, 15) is 4.79 Å². The quantitative estimate of drug-likeness (QED) is 0.782. The summed E-state index contributed by atoms with van der Waals surface area (Å²) in [6, 6.07) is 15.6. The van der Waals surface area contributed by atoms with Crippen molar-refractivity contribution in [3.8, 4) is 0 Å². The number of likely N-dealkylation sites (tertiary alicyclic amines) is 1.